The lowest BCUT2D eigenvalue weighted by molar-refractivity contribution is -0.116. The molecule has 0 radical (unpaired) electrons. The van der Waals surface area contributed by atoms with Crippen molar-refractivity contribution in [3.8, 4) is 11.5 Å². The van der Waals surface area contributed by atoms with Crippen LogP contribution in [-0.4, -0.2) is 11.9 Å². The molecule has 0 saturated carbocycles. The van der Waals surface area contributed by atoms with E-state index in [0.717, 1.165) is 11.4 Å². The molecule has 1 atom stereocenters. The molecule has 1 unspecified atom stereocenters. The molecule has 1 amide bonds. The molecule has 3 N–H and O–H groups in total. The molecule has 0 aliphatic rings. The SMILES string of the molecule is CC(N)CCC(=O)Nc1cccc(Oc2ccccc2)c1. The summed E-state index contributed by atoms with van der Waals surface area (Å²) in [6, 6.07) is 16.9. The van der Waals surface area contributed by atoms with Crippen molar-refractivity contribution in [1.82, 2.24) is 0 Å². The minimum Gasteiger partial charge on any atom is -0.457 e. The number of ether oxygens (including phenoxy) is 1. The van der Waals surface area contributed by atoms with Gasteiger partial charge in [-0.25, -0.2) is 0 Å². The Kier molecular flexibility index (Phi) is 5.35. The molecule has 110 valence electrons. The highest BCUT2D eigenvalue weighted by molar-refractivity contribution is 5.90. The van der Waals surface area contributed by atoms with Crippen LogP contribution in [0.4, 0.5) is 5.69 Å². The molecule has 21 heavy (non-hydrogen) atoms. The van der Waals surface area contributed by atoms with E-state index in [1.54, 1.807) is 6.07 Å². The predicted octanol–water partition coefficient (Wildman–Crippen LogP) is 3.54. The molecule has 4 heteroatoms. The van der Waals surface area contributed by atoms with Gasteiger partial charge in [0.1, 0.15) is 11.5 Å². The summed E-state index contributed by atoms with van der Waals surface area (Å²) in [4.78, 5) is 11.8. The lowest BCUT2D eigenvalue weighted by Crippen LogP contribution is -2.19. The summed E-state index contributed by atoms with van der Waals surface area (Å²) in [6.45, 7) is 1.89. The summed E-state index contributed by atoms with van der Waals surface area (Å²) in [5.41, 5.74) is 6.36. The van der Waals surface area contributed by atoms with Crippen molar-refractivity contribution in [3.63, 3.8) is 0 Å². The fraction of sp³-hybridized carbons (Fsp3) is 0.235. The number of hydrogen-bond acceptors (Lipinski definition) is 3. The van der Waals surface area contributed by atoms with Gasteiger partial charge in [0, 0.05) is 24.2 Å². The first-order chi connectivity index (χ1) is 10.1. The number of para-hydroxylation sites is 1. The van der Waals surface area contributed by atoms with E-state index in [2.05, 4.69) is 5.32 Å². The highest BCUT2D eigenvalue weighted by Crippen LogP contribution is 2.23. The Hall–Kier alpha value is -2.33. The van der Waals surface area contributed by atoms with E-state index in [-0.39, 0.29) is 11.9 Å². The first-order valence-corrected chi connectivity index (χ1v) is 7.02. The van der Waals surface area contributed by atoms with Gasteiger partial charge in [0.05, 0.1) is 0 Å². The molecule has 0 heterocycles. The highest BCUT2D eigenvalue weighted by atomic mass is 16.5. The Morgan fingerprint density at radius 3 is 2.57 bits per heavy atom. The van der Waals surface area contributed by atoms with E-state index >= 15 is 0 Å². The van der Waals surface area contributed by atoms with Crippen LogP contribution in [0.15, 0.2) is 54.6 Å². The summed E-state index contributed by atoms with van der Waals surface area (Å²) in [5.74, 6) is 1.41. The largest absolute Gasteiger partial charge is 0.457 e. The van der Waals surface area contributed by atoms with E-state index < -0.39 is 0 Å². The van der Waals surface area contributed by atoms with Crippen LogP contribution in [0.3, 0.4) is 0 Å². The molecule has 2 rings (SSSR count). The zero-order chi connectivity index (χ0) is 15.1. The van der Waals surface area contributed by atoms with E-state index in [1.165, 1.54) is 0 Å². The second-order valence-electron chi connectivity index (χ2n) is 5.01. The number of hydrogen-bond donors (Lipinski definition) is 2. The second-order valence-corrected chi connectivity index (χ2v) is 5.01. The van der Waals surface area contributed by atoms with Crippen LogP contribution in [0.1, 0.15) is 19.8 Å². The standard InChI is InChI=1S/C17H20N2O2/c1-13(18)10-11-17(20)19-14-6-5-9-16(12-14)21-15-7-3-2-4-8-15/h2-9,12-13H,10-11,18H2,1H3,(H,19,20). The normalized spacial score (nSPS) is 11.7. The molecular weight excluding hydrogens is 264 g/mol. The van der Waals surface area contributed by atoms with Crippen LogP contribution in [0, 0.1) is 0 Å². The van der Waals surface area contributed by atoms with Gasteiger partial charge >= 0.3 is 0 Å². The summed E-state index contributed by atoms with van der Waals surface area (Å²) < 4.78 is 5.73. The van der Waals surface area contributed by atoms with Crippen LogP contribution < -0.4 is 15.8 Å². The lowest BCUT2D eigenvalue weighted by Gasteiger charge is -2.09. The Morgan fingerprint density at radius 2 is 1.86 bits per heavy atom. The summed E-state index contributed by atoms with van der Waals surface area (Å²) in [5, 5.41) is 2.85. The maximum atomic E-state index is 11.8. The average molecular weight is 284 g/mol. The smallest absolute Gasteiger partial charge is 0.224 e. The molecule has 0 aliphatic carbocycles. The van der Waals surface area contributed by atoms with Crippen molar-refractivity contribution >= 4 is 11.6 Å². The molecular formula is C17H20N2O2. The van der Waals surface area contributed by atoms with Gasteiger partial charge in [-0.3, -0.25) is 4.79 Å². The van der Waals surface area contributed by atoms with Crippen LogP contribution in [-0.2, 0) is 4.79 Å². The average Bonchev–Trinajstić information content (AvgIpc) is 2.46. The minimum atomic E-state index is -0.0378. The molecule has 0 bridgehead atoms. The predicted molar refractivity (Wildman–Crippen MR) is 84.5 cm³/mol. The molecule has 4 nitrogen and oxygen atoms in total. The first kappa shape index (κ1) is 15.1. The lowest BCUT2D eigenvalue weighted by atomic mass is 10.2. The first-order valence-electron chi connectivity index (χ1n) is 7.02. The monoisotopic (exact) mass is 284 g/mol. The minimum absolute atomic E-state index is 0.0310. The Balaban J connectivity index is 1.96. The summed E-state index contributed by atoms with van der Waals surface area (Å²) in [7, 11) is 0. The zero-order valence-corrected chi connectivity index (χ0v) is 12.1. The zero-order valence-electron chi connectivity index (χ0n) is 12.1. The topological polar surface area (TPSA) is 64.4 Å². The number of nitrogens with two attached hydrogens (primary N) is 1. The number of carbonyl (C=O) groups is 1. The third kappa shape index (κ3) is 5.28. The van der Waals surface area contributed by atoms with E-state index in [9.17, 15) is 4.79 Å². The fourth-order valence-corrected chi connectivity index (χ4v) is 1.84. The van der Waals surface area contributed by atoms with Crippen molar-refractivity contribution in [2.75, 3.05) is 5.32 Å². The number of benzene rings is 2. The van der Waals surface area contributed by atoms with Gasteiger partial charge in [-0.15, -0.1) is 0 Å². The van der Waals surface area contributed by atoms with Gasteiger partial charge in [-0.05, 0) is 37.6 Å². The number of nitrogens with one attached hydrogen (secondary N) is 1. The maximum Gasteiger partial charge on any atom is 0.224 e. The van der Waals surface area contributed by atoms with Gasteiger partial charge < -0.3 is 15.8 Å². The Labute approximate surface area is 124 Å². The maximum absolute atomic E-state index is 11.8. The summed E-state index contributed by atoms with van der Waals surface area (Å²) >= 11 is 0. The number of amides is 1. The van der Waals surface area contributed by atoms with Crippen LogP contribution in [0.2, 0.25) is 0 Å². The van der Waals surface area contributed by atoms with Crippen molar-refractivity contribution in [1.29, 1.82) is 0 Å². The van der Waals surface area contributed by atoms with Crippen molar-refractivity contribution in [3.05, 3.63) is 54.6 Å². The number of carbonyl (C=O) groups excluding carboxylic acids is 1. The van der Waals surface area contributed by atoms with Crippen molar-refractivity contribution in [2.45, 2.75) is 25.8 Å². The van der Waals surface area contributed by atoms with Crippen molar-refractivity contribution in [2.24, 2.45) is 5.73 Å². The molecule has 2 aromatic rings. The van der Waals surface area contributed by atoms with E-state index in [0.29, 0.717) is 18.6 Å². The van der Waals surface area contributed by atoms with Gasteiger partial charge in [0.25, 0.3) is 0 Å². The molecule has 0 spiro atoms. The molecule has 0 fully saturated rings. The van der Waals surface area contributed by atoms with Gasteiger partial charge in [0.15, 0.2) is 0 Å². The van der Waals surface area contributed by atoms with Gasteiger partial charge in [0.2, 0.25) is 5.91 Å². The molecule has 0 aliphatic heterocycles. The quantitative estimate of drug-likeness (QED) is 0.852. The third-order valence-corrected chi connectivity index (χ3v) is 2.92. The highest BCUT2D eigenvalue weighted by Gasteiger charge is 2.05. The van der Waals surface area contributed by atoms with Gasteiger partial charge in [-0.1, -0.05) is 24.3 Å². The Morgan fingerprint density at radius 1 is 1.14 bits per heavy atom. The molecule has 0 aromatic heterocycles. The number of anilines is 1. The third-order valence-electron chi connectivity index (χ3n) is 2.92. The van der Waals surface area contributed by atoms with Crippen LogP contribution >= 0.6 is 0 Å². The second kappa shape index (κ2) is 7.45. The van der Waals surface area contributed by atoms with E-state index in [1.807, 2.05) is 55.5 Å². The molecule has 2 aromatic carbocycles. The van der Waals surface area contributed by atoms with E-state index in [4.69, 9.17) is 10.5 Å². The number of rotatable bonds is 6. The van der Waals surface area contributed by atoms with Gasteiger partial charge in [-0.2, -0.15) is 0 Å². The fourth-order valence-electron chi connectivity index (χ4n) is 1.84. The summed E-state index contributed by atoms with van der Waals surface area (Å²) in [6.07, 6.45) is 1.09. The Bertz CT molecular complexity index is 582. The van der Waals surface area contributed by atoms with Crippen molar-refractivity contribution < 1.29 is 9.53 Å². The molecule has 0 saturated heterocycles. The van der Waals surface area contributed by atoms with Crippen LogP contribution in [0.25, 0.3) is 0 Å². The van der Waals surface area contributed by atoms with Crippen LogP contribution in [0.5, 0.6) is 11.5 Å².